The SMILES string of the molecule is C.CC(=O)N1CCC(n2ncc3nc(NCc4ccc(Cl)c(Cl)c4)[nH]c(=O)c32)C1.O=c1[nH]c(NCc2ccc(Cl)c(Cl)c2)nc2cnn(C3CCNC3)c12. The number of amides is 1. The summed E-state index contributed by atoms with van der Waals surface area (Å²) in [6.07, 6.45) is 4.92. The van der Waals surface area contributed by atoms with E-state index >= 15 is 0 Å². The van der Waals surface area contributed by atoms with E-state index in [0.29, 0.717) is 80.2 Å². The summed E-state index contributed by atoms with van der Waals surface area (Å²) < 4.78 is 3.44. The summed E-state index contributed by atoms with van der Waals surface area (Å²) in [4.78, 5) is 52.9. The van der Waals surface area contributed by atoms with Crippen molar-refractivity contribution in [2.45, 2.75) is 52.4 Å². The van der Waals surface area contributed by atoms with Gasteiger partial charge in [-0.05, 0) is 54.8 Å². The Bertz CT molecular complexity index is 2420. The Hall–Kier alpha value is -4.67. The van der Waals surface area contributed by atoms with Gasteiger partial charge in [-0.1, -0.05) is 66.0 Å². The highest BCUT2D eigenvalue weighted by molar-refractivity contribution is 6.42. The van der Waals surface area contributed by atoms with Gasteiger partial charge in [-0.2, -0.15) is 10.2 Å². The van der Waals surface area contributed by atoms with Crippen LogP contribution in [-0.2, 0) is 17.9 Å². The van der Waals surface area contributed by atoms with Gasteiger partial charge in [-0.15, -0.1) is 0 Å². The molecule has 2 fully saturated rings. The molecule has 0 aliphatic carbocycles. The number of likely N-dealkylation sites (tertiary alicyclic amines) is 1. The number of benzene rings is 2. The average molecular weight is 817 g/mol. The third-order valence-electron chi connectivity index (χ3n) is 9.13. The second-order valence-corrected chi connectivity index (χ2v) is 14.4. The molecule has 2 aliphatic heterocycles. The molecule has 0 saturated carbocycles. The summed E-state index contributed by atoms with van der Waals surface area (Å²) in [6.45, 7) is 5.39. The van der Waals surface area contributed by atoms with Gasteiger partial charge in [0.15, 0.2) is 11.0 Å². The van der Waals surface area contributed by atoms with E-state index in [1.807, 2.05) is 12.1 Å². The Labute approximate surface area is 329 Å². The lowest BCUT2D eigenvalue weighted by Gasteiger charge is -2.14. The molecule has 4 aromatic heterocycles. The van der Waals surface area contributed by atoms with Gasteiger partial charge < -0.3 is 20.9 Å². The Balaban J connectivity index is 0.000000182. The Kier molecular flexibility index (Phi) is 12.1. The van der Waals surface area contributed by atoms with E-state index in [0.717, 1.165) is 37.1 Å². The third-order valence-corrected chi connectivity index (χ3v) is 10.6. The minimum absolute atomic E-state index is 0. The fourth-order valence-corrected chi connectivity index (χ4v) is 7.05. The molecule has 2 atom stereocenters. The number of hydrogen-bond acceptors (Lipinski definition) is 10. The van der Waals surface area contributed by atoms with Crippen LogP contribution in [0.4, 0.5) is 11.9 Å². The van der Waals surface area contributed by atoms with Crippen molar-refractivity contribution in [3.63, 3.8) is 0 Å². The largest absolute Gasteiger partial charge is 0.352 e. The first-order chi connectivity index (χ1) is 25.5. The van der Waals surface area contributed by atoms with Crippen molar-refractivity contribution in [1.29, 1.82) is 0 Å². The molecule has 2 aromatic carbocycles. The molecule has 6 heterocycles. The van der Waals surface area contributed by atoms with Crippen molar-refractivity contribution in [1.82, 2.24) is 49.7 Å². The zero-order valence-electron chi connectivity index (χ0n) is 28.3. The van der Waals surface area contributed by atoms with Crippen molar-refractivity contribution in [2.75, 3.05) is 36.8 Å². The van der Waals surface area contributed by atoms with E-state index in [9.17, 15) is 14.4 Å². The molecule has 6 aromatic rings. The Morgan fingerprint density at radius 1 is 0.778 bits per heavy atom. The lowest BCUT2D eigenvalue weighted by molar-refractivity contribution is -0.127. The monoisotopic (exact) mass is 814 g/mol. The number of hydrogen-bond donors (Lipinski definition) is 5. The van der Waals surface area contributed by atoms with Crippen LogP contribution in [0.25, 0.3) is 22.1 Å². The predicted molar refractivity (Wildman–Crippen MR) is 213 cm³/mol. The van der Waals surface area contributed by atoms with Crippen molar-refractivity contribution in [2.24, 2.45) is 0 Å². The number of nitrogens with zero attached hydrogens (tertiary/aromatic N) is 7. The van der Waals surface area contributed by atoms with E-state index < -0.39 is 0 Å². The molecular weight excluding hydrogens is 778 g/mol. The van der Waals surface area contributed by atoms with Gasteiger partial charge in [0.2, 0.25) is 17.8 Å². The molecule has 2 aliphatic rings. The summed E-state index contributed by atoms with van der Waals surface area (Å²) in [5, 5.41) is 20.1. The van der Waals surface area contributed by atoms with E-state index in [4.69, 9.17) is 46.4 Å². The van der Waals surface area contributed by atoms with Gasteiger partial charge in [0, 0.05) is 39.6 Å². The van der Waals surface area contributed by atoms with Crippen molar-refractivity contribution in [3.05, 3.63) is 101 Å². The average Bonchev–Trinajstić information content (AvgIpc) is 3.96. The fraction of sp³-hybridized carbons (Fsp3) is 0.343. The molecule has 54 heavy (non-hydrogen) atoms. The number of halogens is 4. The molecule has 8 rings (SSSR count). The fourth-order valence-electron chi connectivity index (χ4n) is 6.41. The zero-order chi connectivity index (χ0) is 37.2. The van der Waals surface area contributed by atoms with Gasteiger partial charge in [0.05, 0.1) is 44.6 Å². The Morgan fingerprint density at radius 2 is 1.30 bits per heavy atom. The molecule has 0 bridgehead atoms. The van der Waals surface area contributed by atoms with Gasteiger partial charge in [-0.3, -0.25) is 33.7 Å². The number of H-pyrrole nitrogens is 2. The van der Waals surface area contributed by atoms with Crippen LogP contribution < -0.4 is 27.1 Å². The second-order valence-electron chi connectivity index (χ2n) is 12.7. The van der Waals surface area contributed by atoms with Crippen molar-refractivity contribution >= 4 is 86.3 Å². The number of fused-ring (bicyclic) bond motifs is 2. The van der Waals surface area contributed by atoms with Gasteiger partial charge in [-0.25, -0.2) is 9.97 Å². The van der Waals surface area contributed by atoms with Crippen molar-refractivity contribution in [3.8, 4) is 0 Å². The Morgan fingerprint density at radius 3 is 1.74 bits per heavy atom. The highest BCUT2D eigenvalue weighted by atomic mass is 35.5. The van der Waals surface area contributed by atoms with Gasteiger partial charge in [0.1, 0.15) is 11.0 Å². The minimum Gasteiger partial charge on any atom is -0.352 e. The number of aromatic nitrogens is 8. The molecule has 15 nitrogen and oxygen atoms in total. The normalized spacial score (nSPS) is 16.6. The second kappa shape index (κ2) is 16.8. The maximum atomic E-state index is 12.6. The molecule has 284 valence electrons. The molecule has 5 N–H and O–H groups in total. The van der Waals surface area contributed by atoms with Crippen LogP contribution in [0.1, 0.15) is 50.4 Å². The predicted octanol–water partition coefficient (Wildman–Crippen LogP) is 6.04. The van der Waals surface area contributed by atoms with Crippen LogP contribution in [0.3, 0.4) is 0 Å². The first kappa shape index (κ1) is 39.0. The zero-order valence-corrected chi connectivity index (χ0v) is 31.3. The maximum absolute atomic E-state index is 12.6. The standard InChI is InChI=1S/C18H18Cl2N6O2.C16H16Cl2N6O.CH4/c1-10(27)25-5-4-12(9-25)26-16-15(8-22-26)23-18(24-17(16)28)21-7-11-2-3-13(19)14(20)6-11;17-11-2-1-9(5-12(11)18)6-20-16-22-13-8-21-24(10-3-4-19-7-10)14(13)15(25)23-16;/h2-3,6,8,12H,4-5,7,9H2,1H3,(H2,21,23,24,28);1-2,5,8,10,19H,3-4,6-7H2,(H2,20,22,23,25);1H4. The highest BCUT2D eigenvalue weighted by Crippen LogP contribution is 2.26. The lowest BCUT2D eigenvalue weighted by atomic mass is 10.2. The molecule has 1 amide bonds. The molecule has 0 radical (unpaired) electrons. The van der Waals surface area contributed by atoms with Crippen LogP contribution >= 0.6 is 46.4 Å². The highest BCUT2D eigenvalue weighted by Gasteiger charge is 2.28. The van der Waals surface area contributed by atoms with Gasteiger partial charge in [0.25, 0.3) is 11.1 Å². The van der Waals surface area contributed by atoms with E-state index in [1.165, 1.54) is 0 Å². The lowest BCUT2D eigenvalue weighted by Crippen LogP contribution is -2.27. The summed E-state index contributed by atoms with van der Waals surface area (Å²) >= 11 is 23.9. The summed E-state index contributed by atoms with van der Waals surface area (Å²) in [5.74, 6) is 0.771. The summed E-state index contributed by atoms with van der Waals surface area (Å²) in [5.41, 5.74) is 3.36. The number of carbonyl (C=O) groups excluding carboxylic acids is 1. The quantitative estimate of drug-likeness (QED) is 0.121. The van der Waals surface area contributed by atoms with Crippen LogP contribution in [0.5, 0.6) is 0 Å². The summed E-state index contributed by atoms with van der Waals surface area (Å²) in [7, 11) is 0. The number of rotatable bonds is 8. The van der Waals surface area contributed by atoms with Crippen LogP contribution in [0.15, 0.2) is 58.4 Å². The molecule has 2 unspecified atom stereocenters. The first-order valence-electron chi connectivity index (χ1n) is 16.8. The minimum atomic E-state index is -0.277. The first-order valence-corrected chi connectivity index (χ1v) is 18.3. The molecule has 0 spiro atoms. The van der Waals surface area contributed by atoms with E-state index in [1.54, 1.807) is 57.8 Å². The van der Waals surface area contributed by atoms with Gasteiger partial charge >= 0.3 is 0 Å². The maximum Gasteiger partial charge on any atom is 0.278 e. The van der Waals surface area contributed by atoms with E-state index in [2.05, 4.69) is 46.1 Å². The molecule has 19 heteroatoms. The van der Waals surface area contributed by atoms with Crippen LogP contribution in [0.2, 0.25) is 20.1 Å². The van der Waals surface area contributed by atoms with Crippen molar-refractivity contribution < 1.29 is 4.79 Å². The number of aromatic amines is 2. The number of nitrogens with one attached hydrogen (secondary N) is 5. The topological polar surface area (TPSA) is 184 Å². The number of anilines is 2. The number of carbonyl (C=O) groups is 1. The molecule has 2 saturated heterocycles. The van der Waals surface area contributed by atoms with E-state index in [-0.39, 0.29) is 36.5 Å². The smallest absolute Gasteiger partial charge is 0.278 e. The third kappa shape index (κ3) is 8.50. The van der Waals surface area contributed by atoms with Crippen LogP contribution in [0, 0.1) is 0 Å². The summed E-state index contributed by atoms with van der Waals surface area (Å²) in [6, 6.07) is 10.9. The molecular formula is C35H38Cl4N12O3. The van der Waals surface area contributed by atoms with Crippen LogP contribution in [-0.4, -0.2) is 76.5 Å².